The van der Waals surface area contributed by atoms with E-state index in [0.717, 1.165) is 10.4 Å². The molecule has 9 heteroatoms. The zero-order valence-corrected chi connectivity index (χ0v) is 16.5. The molecule has 1 unspecified atom stereocenters. The fraction of sp³-hybridized carbons (Fsp3) is 0.211. The molecule has 2 aromatic heterocycles. The molecule has 0 saturated carbocycles. The average molecular weight is 420 g/mol. The molecule has 0 radical (unpaired) electrons. The second-order valence-corrected chi connectivity index (χ2v) is 7.63. The molecule has 0 aliphatic heterocycles. The maximum atomic E-state index is 13.2. The lowest BCUT2D eigenvalue weighted by atomic mass is 10.1. The van der Waals surface area contributed by atoms with Gasteiger partial charge in [0.15, 0.2) is 12.3 Å². The van der Waals surface area contributed by atoms with Crippen molar-refractivity contribution in [2.75, 3.05) is 13.7 Å². The number of carbonyl (C=O) groups excluding carboxylic acids is 2. The third-order valence-electron chi connectivity index (χ3n) is 3.70. The van der Waals surface area contributed by atoms with Gasteiger partial charge in [-0.25, -0.2) is 14.2 Å². The first kappa shape index (κ1) is 20.1. The van der Waals surface area contributed by atoms with Crippen molar-refractivity contribution < 1.29 is 23.5 Å². The minimum Gasteiger partial charge on any atom is -0.451 e. The summed E-state index contributed by atoms with van der Waals surface area (Å²) in [7, 11) is 1.54. The van der Waals surface area contributed by atoms with Crippen LogP contribution < -0.4 is 5.32 Å². The molecule has 0 spiro atoms. The molecule has 1 atom stereocenters. The molecule has 1 aromatic carbocycles. The van der Waals surface area contributed by atoms with Crippen molar-refractivity contribution in [3.05, 3.63) is 74.1 Å². The van der Waals surface area contributed by atoms with Gasteiger partial charge in [-0.2, -0.15) is 0 Å². The van der Waals surface area contributed by atoms with E-state index in [0.29, 0.717) is 11.6 Å². The van der Waals surface area contributed by atoms with Gasteiger partial charge in [-0.15, -0.1) is 22.7 Å². The van der Waals surface area contributed by atoms with Crippen LogP contribution >= 0.6 is 22.7 Å². The summed E-state index contributed by atoms with van der Waals surface area (Å²) in [4.78, 5) is 29.4. The van der Waals surface area contributed by atoms with Crippen LogP contribution in [0.15, 0.2) is 47.2 Å². The molecule has 2 heterocycles. The van der Waals surface area contributed by atoms with Crippen molar-refractivity contribution in [2.45, 2.75) is 12.6 Å². The first-order valence-corrected chi connectivity index (χ1v) is 10.0. The van der Waals surface area contributed by atoms with Crippen LogP contribution in [0.2, 0.25) is 0 Å². The van der Waals surface area contributed by atoms with Gasteiger partial charge in [-0.05, 0) is 29.1 Å². The van der Waals surface area contributed by atoms with Crippen LogP contribution in [0.3, 0.4) is 0 Å². The summed E-state index contributed by atoms with van der Waals surface area (Å²) in [5, 5.41) is 6.91. The van der Waals surface area contributed by atoms with E-state index in [4.69, 9.17) is 9.47 Å². The summed E-state index contributed by atoms with van der Waals surface area (Å²) in [5.74, 6) is -1.50. The number of thiophene rings is 1. The summed E-state index contributed by atoms with van der Waals surface area (Å²) < 4.78 is 23.2. The molecule has 1 amide bonds. The van der Waals surface area contributed by atoms with Gasteiger partial charge in [-0.1, -0.05) is 18.2 Å². The minimum absolute atomic E-state index is 0.137. The Hall–Kier alpha value is -2.62. The number of nitrogens with one attached hydrogen (secondary N) is 1. The van der Waals surface area contributed by atoms with Crippen LogP contribution in [0.5, 0.6) is 0 Å². The smallest absolute Gasteiger partial charge is 0.358 e. The van der Waals surface area contributed by atoms with E-state index >= 15 is 0 Å². The first-order chi connectivity index (χ1) is 13.6. The molecule has 0 saturated heterocycles. The van der Waals surface area contributed by atoms with E-state index in [9.17, 15) is 14.0 Å². The predicted molar refractivity (Wildman–Crippen MR) is 104 cm³/mol. The van der Waals surface area contributed by atoms with E-state index in [1.54, 1.807) is 17.5 Å². The number of hydrogen-bond donors (Lipinski definition) is 1. The van der Waals surface area contributed by atoms with Crippen molar-refractivity contribution in [3.63, 3.8) is 0 Å². The second kappa shape index (κ2) is 9.54. The SMILES string of the molecule is COCc1nc(C(=O)OCC(=O)NC(c2ccc(F)cc2)c2cccs2)cs1. The van der Waals surface area contributed by atoms with Gasteiger partial charge in [0.2, 0.25) is 0 Å². The van der Waals surface area contributed by atoms with Gasteiger partial charge in [0.25, 0.3) is 5.91 Å². The Morgan fingerprint density at radius 1 is 1.21 bits per heavy atom. The van der Waals surface area contributed by atoms with Crippen LogP contribution in [0.4, 0.5) is 4.39 Å². The van der Waals surface area contributed by atoms with Crippen molar-refractivity contribution in [2.24, 2.45) is 0 Å². The molecular formula is C19H17FN2O4S2. The molecule has 3 aromatic rings. The fourth-order valence-electron chi connectivity index (χ4n) is 2.43. The van der Waals surface area contributed by atoms with Crippen LogP contribution in [-0.2, 0) is 20.9 Å². The van der Waals surface area contributed by atoms with Gasteiger partial charge >= 0.3 is 5.97 Å². The Kier molecular flexibility index (Phi) is 6.85. The fourth-order valence-corrected chi connectivity index (χ4v) is 3.97. The van der Waals surface area contributed by atoms with Crippen molar-refractivity contribution in [1.82, 2.24) is 10.3 Å². The second-order valence-electron chi connectivity index (χ2n) is 5.70. The normalized spacial score (nSPS) is 11.8. The third-order valence-corrected chi connectivity index (χ3v) is 5.46. The molecule has 0 aliphatic rings. The number of methoxy groups -OCH3 is 1. The maximum Gasteiger partial charge on any atom is 0.358 e. The van der Waals surface area contributed by atoms with Gasteiger partial charge in [-0.3, -0.25) is 4.79 Å². The number of rotatable bonds is 8. The summed E-state index contributed by atoms with van der Waals surface area (Å²) in [6.45, 7) is -0.141. The number of ether oxygens (including phenoxy) is 2. The summed E-state index contributed by atoms with van der Waals surface area (Å²) in [6.07, 6.45) is 0. The molecule has 3 rings (SSSR count). The standard InChI is InChI=1S/C19H17FN2O4S2/c1-25-10-17-21-14(11-28-17)19(24)26-9-16(23)22-18(15-3-2-8-27-15)12-4-6-13(20)7-5-12/h2-8,11,18H,9-10H2,1H3,(H,22,23). The Labute approximate surface area is 169 Å². The number of halogens is 1. The lowest BCUT2D eigenvalue weighted by Crippen LogP contribution is -2.32. The highest BCUT2D eigenvalue weighted by Crippen LogP contribution is 2.26. The minimum atomic E-state index is -0.678. The molecule has 0 fully saturated rings. The van der Waals surface area contributed by atoms with Crippen LogP contribution in [-0.4, -0.2) is 30.6 Å². The van der Waals surface area contributed by atoms with E-state index < -0.39 is 24.5 Å². The summed E-state index contributed by atoms with van der Waals surface area (Å²) in [6, 6.07) is 9.17. The van der Waals surface area contributed by atoms with E-state index in [2.05, 4.69) is 10.3 Å². The van der Waals surface area contributed by atoms with Gasteiger partial charge < -0.3 is 14.8 Å². The van der Waals surface area contributed by atoms with E-state index in [-0.39, 0.29) is 11.5 Å². The van der Waals surface area contributed by atoms with Crippen LogP contribution in [0.1, 0.15) is 32.0 Å². The van der Waals surface area contributed by atoms with E-state index in [1.807, 2.05) is 17.5 Å². The molecule has 0 bridgehead atoms. The quantitative estimate of drug-likeness (QED) is 0.564. The monoisotopic (exact) mass is 420 g/mol. The average Bonchev–Trinajstić information content (AvgIpc) is 3.37. The zero-order chi connectivity index (χ0) is 19.9. The molecule has 6 nitrogen and oxygen atoms in total. The lowest BCUT2D eigenvalue weighted by molar-refractivity contribution is -0.124. The van der Waals surface area contributed by atoms with Crippen molar-refractivity contribution >= 4 is 34.6 Å². The molecule has 146 valence electrons. The lowest BCUT2D eigenvalue weighted by Gasteiger charge is -2.18. The van der Waals surface area contributed by atoms with Crippen LogP contribution in [0.25, 0.3) is 0 Å². The number of carbonyl (C=O) groups is 2. The number of amides is 1. The van der Waals surface area contributed by atoms with Crippen LogP contribution in [0, 0.1) is 5.82 Å². The number of nitrogens with zero attached hydrogens (tertiary/aromatic N) is 1. The summed E-state index contributed by atoms with van der Waals surface area (Å²) >= 11 is 2.74. The first-order valence-electron chi connectivity index (χ1n) is 8.25. The topological polar surface area (TPSA) is 77.5 Å². The highest BCUT2D eigenvalue weighted by atomic mass is 32.1. The third kappa shape index (κ3) is 5.22. The van der Waals surface area contributed by atoms with Gasteiger partial charge in [0, 0.05) is 17.4 Å². The Balaban J connectivity index is 1.62. The van der Waals surface area contributed by atoms with Crippen molar-refractivity contribution in [1.29, 1.82) is 0 Å². The van der Waals surface area contributed by atoms with Crippen molar-refractivity contribution in [3.8, 4) is 0 Å². The maximum absolute atomic E-state index is 13.2. The van der Waals surface area contributed by atoms with E-state index in [1.165, 1.54) is 41.9 Å². The largest absolute Gasteiger partial charge is 0.451 e. The zero-order valence-electron chi connectivity index (χ0n) is 14.9. The molecular weight excluding hydrogens is 403 g/mol. The number of esters is 1. The summed E-state index contributed by atoms with van der Waals surface area (Å²) in [5.41, 5.74) is 0.866. The Morgan fingerprint density at radius 2 is 2.00 bits per heavy atom. The predicted octanol–water partition coefficient (Wildman–Crippen LogP) is 3.55. The Morgan fingerprint density at radius 3 is 2.68 bits per heavy atom. The molecule has 0 aliphatic carbocycles. The number of thiazole rings is 1. The molecule has 1 N–H and O–H groups in total. The Bertz CT molecular complexity index is 926. The van der Waals surface area contributed by atoms with Gasteiger partial charge in [0.05, 0.1) is 12.6 Å². The van der Waals surface area contributed by atoms with Gasteiger partial charge in [0.1, 0.15) is 10.8 Å². The number of aromatic nitrogens is 1. The number of benzene rings is 1. The molecule has 28 heavy (non-hydrogen) atoms. The highest BCUT2D eigenvalue weighted by Gasteiger charge is 2.20. The number of hydrogen-bond acceptors (Lipinski definition) is 7. The highest BCUT2D eigenvalue weighted by molar-refractivity contribution is 7.10.